The van der Waals surface area contributed by atoms with Crippen molar-refractivity contribution < 1.29 is 19.4 Å². The average Bonchev–Trinajstić information content (AvgIpc) is 2.29. The molecule has 0 aromatic carbocycles. The monoisotopic (exact) mass is 250 g/mol. The van der Waals surface area contributed by atoms with E-state index in [1.54, 1.807) is 19.1 Å². The lowest BCUT2D eigenvalue weighted by Crippen LogP contribution is -2.30. The molecule has 0 aliphatic heterocycles. The van der Waals surface area contributed by atoms with E-state index in [1.807, 2.05) is 0 Å². The largest absolute Gasteiger partial charge is 0.479 e. The summed E-state index contributed by atoms with van der Waals surface area (Å²) in [5, 5.41) is 8.58. The zero-order valence-corrected chi connectivity index (χ0v) is 10.1. The Hall–Kier alpha value is -2.37. The van der Waals surface area contributed by atoms with Crippen molar-refractivity contribution in [1.82, 2.24) is 4.98 Å². The molecule has 96 valence electrons. The molecule has 1 aromatic rings. The number of rotatable bonds is 5. The number of aromatic nitrogens is 1. The summed E-state index contributed by atoms with van der Waals surface area (Å²) in [5.74, 6) is -1.39. The molecule has 0 spiro atoms. The molecule has 0 aliphatic rings. The second kappa shape index (κ2) is 5.81. The summed E-state index contributed by atoms with van der Waals surface area (Å²) < 4.78 is 5.31. The van der Waals surface area contributed by atoms with Gasteiger partial charge < -0.3 is 15.6 Å². The van der Waals surface area contributed by atoms with Crippen molar-refractivity contribution in [3.05, 3.63) is 29.6 Å². The van der Waals surface area contributed by atoms with E-state index in [0.29, 0.717) is 17.1 Å². The molecule has 0 fully saturated rings. The molecule has 1 heterocycles. The Morgan fingerprint density at radius 3 is 2.72 bits per heavy atom. The smallest absolute Gasteiger partial charge is 0.328 e. The number of carboxylic acids is 1. The highest BCUT2D eigenvalue weighted by atomic mass is 16.5. The minimum Gasteiger partial charge on any atom is -0.479 e. The van der Waals surface area contributed by atoms with Gasteiger partial charge in [-0.3, -0.25) is 4.79 Å². The Morgan fingerprint density at radius 2 is 2.17 bits per heavy atom. The van der Waals surface area contributed by atoms with E-state index in [1.165, 1.54) is 13.0 Å². The first kappa shape index (κ1) is 13.7. The number of carbonyl (C=O) groups is 2. The van der Waals surface area contributed by atoms with E-state index in [0.717, 1.165) is 6.08 Å². The maximum Gasteiger partial charge on any atom is 0.328 e. The molecule has 18 heavy (non-hydrogen) atoms. The van der Waals surface area contributed by atoms with Gasteiger partial charge in [-0.05, 0) is 32.1 Å². The quantitative estimate of drug-likeness (QED) is 0.750. The van der Waals surface area contributed by atoms with E-state index < -0.39 is 18.0 Å². The molecule has 3 N–H and O–H groups in total. The third kappa shape index (κ3) is 3.89. The molecular formula is C12H14N2O4. The maximum atomic E-state index is 10.9. The molecule has 1 amide bonds. The summed E-state index contributed by atoms with van der Waals surface area (Å²) in [6.45, 7) is 3.27. The van der Waals surface area contributed by atoms with Crippen molar-refractivity contribution in [2.24, 2.45) is 5.73 Å². The molecule has 0 radical (unpaired) electrons. The summed E-state index contributed by atoms with van der Waals surface area (Å²) in [5.41, 5.74) is 6.14. The van der Waals surface area contributed by atoms with E-state index in [9.17, 15) is 9.59 Å². The highest BCUT2D eigenvalue weighted by Crippen LogP contribution is 2.19. The standard InChI is InChI=1S/C12H14N2O4/c1-7-3-5-10(18-8(2)12(13)17)9(14-7)4-6-11(15)16/h3-6,8H,1-2H3,(H2,13,17)(H,15,16). The Morgan fingerprint density at radius 1 is 1.50 bits per heavy atom. The zero-order chi connectivity index (χ0) is 13.7. The molecule has 1 aromatic heterocycles. The fourth-order valence-corrected chi connectivity index (χ4v) is 1.18. The van der Waals surface area contributed by atoms with Crippen molar-refractivity contribution in [2.75, 3.05) is 0 Å². The molecule has 6 nitrogen and oxygen atoms in total. The van der Waals surface area contributed by atoms with Gasteiger partial charge >= 0.3 is 5.97 Å². The lowest BCUT2D eigenvalue weighted by atomic mass is 10.2. The highest BCUT2D eigenvalue weighted by molar-refractivity contribution is 5.85. The van der Waals surface area contributed by atoms with Crippen molar-refractivity contribution in [2.45, 2.75) is 20.0 Å². The van der Waals surface area contributed by atoms with E-state index in [2.05, 4.69) is 4.98 Å². The Bertz CT molecular complexity index is 497. The summed E-state index contributed by atoms with van der Waals surface area (Å²) in [4.78, 5) is 25.5. The summed E-state index contributed by atoms with van der Waals surface area (Å²) in [6.07, 6.45) is 1.44. The van der Waals surface area contributed by atoms with Gasteiger partial charge in [0.2, 0.25) is 0 Å². The van der Waals surface area contributed by atoms with Gasteiger partial charge in [0.25, 0.3) is 5.91 Å². The van der Waals surface area contributed by atoms with E-state index in [-0.39, 0.29) is 0 Å². The van der Waals surface area contributed by atoms with E-state index >= 15 is 0 Å². The minimum absolute atomic E-state index is 0.310. The summed E-state index contributed by atoms with van der Waals surface area (Å²) >= 11 is 0. The Labute approximate surface area is 104 Å². The van der Waals surface area contributed by atoms with Crippen LogP contribution in [0.5, 0.6) is 5.75 Å². The number of hydrogen-bond acceptors (Lipinski definition) is 4. The van der Waals surface area contributed by atoms with Crippen LogP contribution in [0.4, 0.5) is 0 Å². The molecule has 1 unspecified atom stereocenters. The highest BCUT2D eigenvalue weighted by Gasteiger charge is 2.13. The molecule has 6 heteroatoms. The number of nitrogens with zero attached hydrogens (tertiary/aromatic N) is 1. The molecule has 1 atom stereocenters. The van der Waals surface area contributed by atoms with Gasteiger partial charge in [-0.2, -0.15) is 0 Å². The van der Waals surface area contributed by atoms with Crippen molar-refractivity contribution in [3.63, 3.8) is 0 Å². The molecule has 0 saturated carbocycles. The molecule has 1 rings (SSSR count). The maximum absolute atomic E-state index is 10.9. The van der Waals surface area contributed by atoms with Crippen LogP contribution in [0, 0.1) is 6.92 Å². The summed E-state index contributed by atoms with van der Waals surface area (Å²) in [7, 11) is 0. The van der Waals surface area contributed by atoms with Crippen LogP contribution in [-0.2, 0) is 9.59 Å². The third-order valence-electron chi connectivity index (χ3n) is 2.11. The second-order valence-electron chi connectivity index (χ2n) is 3.67. The van der Waals surface area contributed by atoms with Gasteiger partial charge in [-0.25, -0.2) is 9.78 Å². The molecule has 0 aliphatic carbocycles. The first-order chi connectivity index (χ1) is 8.40. The molecule has 0 bridgehead atoms. The van der Waals surface area contributed by atoms with Crippen molar-refractivity contribution >= 4 is 18.0 Å². The lowest BCUT2D eigenvalue weighted by molar-refractivity contribution is -0.131. The van der Waals surface area contributed by atoms with Gasteiger partial charge in [0.15, 0.2) is 6.10 Å². The average molecular weight is 250 g/mol. The summed E-state index contributed by atoms with van der Waals surface area (Å²) in [6, 6.07) is 3.31. The number of nitrogens with two attached hydrogens (primary N) is 1. The number of amides is 1. The predicted molar refractivity (Wildman–Crippen MR) is 64.9 cm³/mol. The van der Waals surface area contributed by atoms with E-state index in [4.69, 9.17) is 15.6 Å². The van der Waals surface area contributed by atoms with Gasteiger partial charge in [0.05, 0.1) is 0 Å². The SMILES string of the molecule is Cc1ccc(OC(C)C(N)=O)c(C=CC(=O)O)n1. The van der Waals surface area contributed by atoms with Crippen LogP contribution in [0.25, 0.3) is 6.08 Å². The number of carboxylic acid groups (broad SMARTS) is 1. The zero-order valence-electron chi connectivity index (χ0n) is 10.1. The number of ether oxygens (including phenoxy) is 1. The van der Waals surface area contributed by atoms with Gasteiger partial charge in [0.1, 0.15) is 11.4 Å². The number of pyridine rings is 1. The Kier molecular flexibility index (Phi) is 4.42. The normalized spacial score (nSPS) is 12.3. The van der Waals surface area contributed by atoms with Crippen LogP contribution in [0.15, 0.2) is 18.2 Å². The van der Waals surface area contributed by atoms with Gasteiger partial charge in [-0.15, -0.1) is 0 Å². The van der Waals surface area contributed by atoms with Gasteiger partial charge in [0, 0.05) is 11.8 Å². The number of aryl methyl sites for hydroxylation is 1. The molecular weight excluding hydrogens is 236 g/mol. The predicted octanol–water partition coefficient (Wildman–Crippen LogP) is 0.740. The van der Waals surface area contributed by atoms with Crippen LogP contribution in [0.2, 0.25) is 0 Å². The fourth-order valence-electron chi connectivity index (χ4n) is 1.18. The molecule has 0 saturated heterocycles. The van der Waals surface area contributed by atoms with Crippen molar-refractivity contribution in [3.8, 4) is 5.75 Å². The lowest BCUT2D eigenvalue weighted by Gasteiger charge is -2.13. The number of carbonyl (C=O) groups excluding carboxylic acids is 1. The van der Waals surface area contributed by atoms with Crippen LogP contribution < -0.4 is 10.5 Å². The third-order valence-corrected chi connectivity index (χ3v) is 2.11. The van der Waals surface area contributed by atoms with Crippen LogP contribution >= 0.6 is 0 Å². The van der Waals surface area contributed by atoms with Gasteiger partial charge in [-0.1, -0.05) is 0 Å². The number of aliphatic carboxylic acids is 1. The number of hydrogen-bond donors (Lipinski definition) is 2. The first-order valence-electron chi connectivity index (χ1n) is 5.24. The second-order valence-corrected chi connectivity index (χ2v) is 3.67. The number of primary amides is 1. The van der Waals surface area contributed by atoms with Crippen LogP contribution in [0.3, 0.4) is 0 Å². The first-order valence-corrected chi connectivity index (χ1v) is 5.24. The fraction of sp³-hybridized carbons (Fsp3) is 0.250. The minimum atomic E-state index is -1.09. The topological polar surface area (TPSA) is 103 Å². The van der Waals surface area contributed by atoms with Crippen LogP contribution in [-0.4, -0.2) is 28.1 Å². The Balaban J connectivity index is 3.03. The van der Waals surface area contributed by atoms with Crippen molar-refractivity contribution in [1.29, 1.82) is 0 Å². The van der Waals surface area contributed by atoms with Crippen LogP contribution in [0.1, 0.15) is 18.3 Å².